The van der Waals surface area contributed by atoms with Crippen molar-refractivity contribution in [2.24, 2.45) is 5.92 Å². The van der Waals surface area contributed by atoms with E-state index < -0.39 is 5.97 Å². The molecule has 1 heterocycles. The number of carboxylic acid groups (broad SMARTS) is 1. The molecule has 2 N–H and O–H groups in total. The number of carboxylic acids is 1. The molecule has 14 heavy (non-hydrogen) atoms. The number of hydrogen-bond acceptors (Lipinski definition) is 3. The smallest absolute Gasteiger partial charge is 0.307 e. The summed E-state index contributed by atoms with van der Waals surface area (Å²) in [7, 11) is 0. The molecule has 4 heteroatoms. The summed E-state index contributed by atoms with van der Waals surface area (Å²) in [5.41, 5.74) is 1.31. The predicted molar refractivity (Wildman–Crippen MR) is 57.7 cm³/mol. The van der Waals surface area contributed by atoms with E-state index in [4.69, 9.17) is 5.11 Å². The van der Waals surface area contributed by atoms with E-state index in [1.54, 1.807) is 18.3 Å². The molecule has 78 valence electrons. The molecule has 1 aromatic rings. The van der Waals surface area contributed by atoms with E-state index >= 15 is 0 Å². The molecule has 0 bridgehead atoms. The summed E-state index contributed by atoms with van der Waals surface area (Å²) >= 11 is 1.69. The molecule has 0 aliphatic carbocycles. The topological polar surface area (TPSA) is 49.3 Å². The number of rotatable bonds is 6. The average Bonchev–Trinajstić information content (AvgIpc) is 2.64. The van der Waals surface area contributed by atoms with Gasteiger partial charge in [-0.05, 0) is 35.4 Å². The first-order valence-corrected chi connectivity index (χ1v) is 5.59. The van der Waals surface area contributed by atoms with Gasteiger partial charge in [0.05, 0.1) is 5.92 Å². The van der Waals surface area contributed by atoms with Crippen LogP contribution in [0.25, 0.3) is 0 Å². The number of carbonyl (C=O) groups is 1. The van der Waals surface area contributed by atoms with Gasteiger partial charge in [0.15, 0.2) is 0 Å². The van der Waals surface area contributed by atoms with Gasteiger partial charge in [-0.2, -0.15) is 11.3 Å². The van der Waals surface area contributed by atoms with Crippen LogP contribution >= 0.6 is 11.3 Å². The van der Waals surface area contributed by atoms with E-state index in [-0.39, 0.29) is 5.92 Å². The van der Waals surface area contributed by atoms with Gasteiger partial charge in [-0.25, -0.2) is 0 Å². The molecule has 3 nitrogen and oxygen atoms in total. The molecular formula is C10H15NO2S. The van der Waals surface area contributed by atoms with Gasteiger partial charge >= 0.3 is 5.97 Å². The minimum atomic E-state index is -0.743. The first-order chi connectivity index (χ1) is 6.70. The van der Waals surface area contributed by atoms with Crippen molar-refractivity contribution in [1.29, 1.82) is 0 Å². The molecule has 0 aliphatic rings. The van der Waals surface area contributed by atoms with Crippen LogP contribution < -0.4 is 5.32 Å². The molecule has 0 spiro atoms. The van der Waals surface area contributed by atoms with E-state index in [9.17, 15) is 4.79 Å². The lowest BCUT2D eigenvalue weighted by atomic mass is 10.2. The Balaban J connectivity index is 2.08. The van der Waals surface area contributed by atoms with Crippen LogP contribution in [0.5, 0.6) is 0 Å². The maximum absolute atomic E-state index is 10.5. The lowest BCUT2D eigenvalue weighted by Crippen LogP contribution is -2.27. The van der Waals surface area contributed by atoms with Crippen molar-refractivity contribution in [3.05, 3.63) is 22.4 Å². The van der Waals surface area contributed by atoms with Crippen LogP contribution in [0, 0.1) is 5.92 Å². The third kappa shape index (κ3) is 3.89. The van der Waals surface area contributed by atoms with Crippen LogP contribution in [0.2, 0.25) is 0 Å². The third-order valence-electron chi connectivity index (χ3n) is 2.04. The van der Waals surface area contributed by atoms with Crippen molar-refractivity contribution in [1.82, 2.24) is 5.32 Å². The van der Waals surface area contributed by atoms with Crippen molar-refractivity contribution in [2.75, 3.05) is 13.1 Å². The highest BCUT2D eigenvalue weighted by atomic mass is 32.1. The van der Waals surface area contributed by atoms with Gasteiger partial charge < -0.3 is 10.4 Å². The normalized spacial score (nSPS) is 12.6. The molecule has 0 saturated carbocycles. The van der Waals surface area contributed by atoms with Crippen LogP contribution in [0.3, 0.4) is 0 Å². The standard InChI is InChI=1S/C10H15NO2S/c1-8(10(12)13)6-11-4-2-9-3-5-14-7-9/h3,5,7-8,11H,2,4,6H2,1H3,(H,12,13). The van der Waals surface area contributed by atoms with Crippen LogP contribution in [-0.4, -0.2) is 24.2 Å². The highest BCUT2D eigenvalue weighted by Crippen LogP contribution is 2.05. The van der Waals surface area contributed by atoms with Crippen molar-refractivity contribution in [3.63, 3.8) is 0 Å². The van der Waals surface area contributed by atoms with Crippen LogP contribution in [-0.2, 0) is 11.2 Å². The molecule has 1 rings (SSSR count). The second-order valence-electron chi connectivity index (χ2n) is 3.33. The molecule has 0 fully saturated rings. The Morgan fingerprint density at radius 2 is 2.50 bits per heavy atom. The zero-order valence-electron chi connectivity index (χ0n) is 8.19. The predicted octanol–water partition coefficient (Wildman–Crippen LogP) is 1.60. The third-order valence-corrected chi connectivity index (χ3v) is 2.77. The molecule has 0 aliphatic heterocycles. The van der Waals surface area contributed by atoms with E-state index in [1.165, 1.54) is 5.56 Å². The van der Waals surface area contributed by atoms with Gasteiger partial charge in [0.1, 0.15) is 0 Å². The minimum absolute atomic E-state index is 0.308. The van der Waals surface area contributed by atoms with E-state index in [2.05, 4.69) is 22.1 Å². The fraction of sp³-hybridized carbons (Fsp3) is 0.500. The quantitative estimate of drug-likeness (QED) is 0.706. The highest BCUT2D eigenvalue weighted by Gasteiger charge is 2.08. The van der Waals surface area contributed by atoms with Gasteiger partial charge in [0.25, 0.3) is 0 Å². The van der Waals surface area contributed by atoms with E-state index in [0.29, 0.717) is 6.54 Å². The monoisotopic (exact) mass is 213 g/mol. The first kappa shape index (κ1) is 11.2. The number of thiophene rings is 1. The molecule has 0 amide bonds. The van der Waals surface area contributed by atoms with Crippen molar-refractivity contribution in [2.45, 2.75) is 13.3 Å². The lowest BCUT2D eigenvalue weighted by molar-refractivity contribution is -0.140. The summed E-state index contributed by atoms with van der Waals surface area (Å²) in [6, 6.07) is 2.09. The number of aliphatic carboxylic acids is 1. The zero-order chi connectivity index (χ0) is 10.4. The Bertz CT molecular complexity index is 272. The van der Waals surface area contributed by atoms with E-state index in [0.717, 1.165) is 13.0 Å². The van der Waals surface area contributed by atoms with Gasteiger partial charge in [-0.15, -0.1) is 0 Å². The Hall–Kier alpha value is -0.870. The SMILES string of the molecule is CC(CNCCc1ccsc1)C(=O)O. The Morgan fingerprint density at radius 1 is 1.71 bits per heavy atom. The van der Waals surface area contributed by atoms with Crippen molar-refractivity contribution < 1.29 is 9.90 Å². The van der Waals surface area contributed by atoms with Gasteiger partial charge in [0, 0.05) is 6.54 Å². The fourth-order valence-corrected chi connectivity index (χ4v) is 1.78. The summed E-state index contributed by atoms with van der Waals surface area (Å²) in [4.78, 5) is 10.5. The Labute approximate surface area is 87.8 Å². The molecular weight excluding hydrogens is 198 g/mol. The van der Waals surface area contributed by atoms with Gasteiger partial charge in [-0.1, -0.05) is 6.92 Å². The Kier molecular flexibility index (Phi) is 4.62. The van der Waals surface area contributed by atoms with Crippen LogP contribution in [0.1, 0.15) is 12.5 Å². The fourth-order valence-electron chi connectivity index (χ4n) is 1.07. The molecule has 1 unspecified atom stereocenters. The lowest BCUT2D eigenvalue weighted by Gasteiger charge is -2.07. The maximum atomic E-state index is 10.5. The second-order valence-corrected chi connectivity index (χ2v) is 4.11. The van der Waals surface area contributed by atoms with E-state index in [1.807, 2.05) is 0 Å². The Morgan fingerprint density at radius 3 is 3.07 bits per heavy atom. The molecule has 1 atom stereocenters. The molecule has 1 aromatic heterocycles. The minimum Gasteiger partial charge on any atom is -0.481 e. The second kappa shape index (κ2) is 5.78. The maximum Gasteiger partial charge on any atom is 0.307 e. The molecule has 0 saturated heterocycles. The van der Waals surface area contributed by atoms with Crippen LogP contribution in [0.15, 0.2) is 16.8 Å². The largest absolute Gasteiger partial charge is 0.481 e. The summed E-state index contributed by atoms with van der Waals surface area (Å²) in [6.45, 7) is 3.09. The summed E-state index contributed by atoms with van der Waals surface area (Å²) in [6.07, 6.45) is 0.968. The van der Waals surface area contributed by atoms with Crippen molar-refractivity contribution in [3.8, 4) is 0 Å². The van der Waals surface area contributed by atoms with Gasteiger partial charge in [-0.3, -0.25) is 4.79 Å². The van der Waals surface area contributed by atoms with Gasteiger partial charge in [0.2, 0.25) is 0 Å². The zero-order valence-corrected chi connectivity index (χ0v) is 9.01. The van der Waals surface area contributed by atoms with Crippen LogP contribution in [0.4, 0.5) is 0 Å². The summed E-state index contributed by atoms with van der Waals surface area (Å²) in [5.74, 6) is -1.05. The number of nitrogens with one attached hydrogen (secondary N) is 1. The average molecular weight is 213 g/mol. The highest BCUT2D eigenvalue weighted by molar-refractivity contribution is 7.07. The molecule has 0 aromatic carbocycles. The van der Waals surface area contributed by atoms with Crippen molar-refractivity contribution >= 4 is 17.3 Å². The first-order valence-electron chi connectivity index (χ1n) is 4.64. The number of hydrogen-bond donors (Lipinski definition) is 2. The molecule has 0 radical (unpaired) electrons. The summed E-state index contributed by atoms with van der Waals surface area (Å²) < 4.78 is 0. The summed E-state index contributed by atoms with van der Waals surface area (Å²) in [5, 5.41) is 15.9.